The Kier molecular flexibility index (Phi) is 10.9. The summed E-state index contributed by atoms with van der Waals surface area (Å²) in [6.07, 6.45) is 8.35. The Morgan fingerprint density at radius 3 is 2.15 bits per heavy atom. The Hall–Kier alpha value is -2.38. The number of hydrogen-bond acceptors (Lipinski definition) is 4. The number of carbonyl (C=O) groups excluding carboxylic acids is 2. The maximum Gasteiger partial charge on any atom is 0.248 e. The van der Waals surface area contributed by atoms with Crippen LogP contribution < -0.4 is 15.8 Å². The van der Waals surface area contributed by atoms with Crippen molar-refractivity contribution in [3.8, 4) is 0 Å². The molecule has 0 bridgehead atoms. The van der Waals surface area contributed by atoms with Crippen molar-refractivity contribution in [2.75, 3.05) is 5.32 Å². The number of nitrogens with two attached hydrogens (primary N) is 1. The van der Waals surface area contributed by atoms with Gasteiger partial charge in [0.2, 0.25) is 11.8 Å². The molecule has 1 aliphatic rings. The second kappa shape index (κ2) is 13.4. The summed E-state index contributed by atoms with van der Waals surface area (Å²) < 4.78 is 15.6. The first-order valence-corrected chi connectivity index (χ1v) is 12.3. The van der Waals surface area contributed by atoms with Gasteiger partial charge in [-0.2, -0.15) is 0 Å². The van der Waals surface area contributed by atoms with Gasteiger partial charge in [0.25, 0.3) is 0 Å². The largest absolute Gasteiger partial charge is 0.366 e. The Bertz CT molecular complexity index is 874. The van der Waals surface area contributed by atoms with E-state index in [0.717, 1.165) is 22.9 Å². The molecule has 0 aromatic heterocycles. The van der Waals surface area contributed by atoms with Gasteiger partial charge in [0.1, 0.15) is 5.82 Å². The molecule has 0 spiro atoms. The van der Waals surface area contributed by atoms with Gasteiger partial charge in [-0.15, -0.1) is 0 Å². The molecule has 1 aliphatic carbocycles. The number of halogens is 1. The van der Waals surface area contributed by atoms with Crippen molar-refractivity contribution in [3.05, 3.63) is 59.9 Å². The minimum Gasteiger partial charge on any atom is -0.366 e. The topological polar surface area (TPSA) is 84.2 Å². The molecular weight excluding hydrogens is 437 g/mol. The standard InChI is InChI=1S/C19H30N2OS.C7H6FNO/c1-19(2,3)21-23-17-12-10-16(11-13-17)20-18(22)14-9-15-7-5-4-6-8-15;8-6-3-1-5(2-4-6)7(9)10/h10-13,15,21H,4-9,14H2,1-3H3,(H,20,22);1-4H,(H2,9,10). The zero-order valence-corrected chi connectivity index (χ0v) is 20.6. The van der Waals surface area contributed by atoms with Crippen LogP contribution in [-0.4, -0.2) is 17.4 Å². The number of primary amides is 1. The fraction of sp³-hybridized carbons (Fsp3) is 0.462. The van der Waals surface area contributed by atoms with E-state index in [1.807, 2.05) is 24.3 Å². The van der Waals surface area contributed by atoms with E-state index < -0.39 is 5.91 Å². The average Bonchev–Trinajstić information content (AvgIpc) is 2.78. The predicted octanol–water partition coefficient (Wildman–Crippen LogP) is 6.31. The molecule has 180 valence electrons. The molecule has 2 aromatic carbocycles. The molecule has 5 nitrogen and oxygen atoms in total. The minimum absolute atomic E-state index is 0.0800. The van der Waals surface area contributed by atoms with Gasteiger partial charge in [-0.25, -0.2) is 4.39 Å². The smallest absolute Gasteiger partial charge is 0.248 e. The minimum atomic E-state index is -0.542. The van der Waals surface area contributed by atoms with Crippen LogP contribution in [0.4, 0.5) is 10.1 Å². The van der Waals surface area contributed by atoms with Crippen LogP contribution in [0.1, 0.15) is 76.1 Å². The lowest BCUT2D eigenvalue weighted by Crippen LogP contribution is -2.29. The van der Waals surface area contributed by atoms with Gasteiger partial charge in [-0.1, -0.05) is 32.1 Å². The predicted molar refractivity (Wildman–Crippen MR) is 135 cm³/mol. The number of rotatable bonds is 7. The molecule has 4 N–H and O–H groups in total. The zero-order chi connectivity index (χ0) is 24.3. The third-order valence-electron chi connectivity index (χ3n) is 5.25. The molecule has 0 unspecified atom stereocenters. The van der Waals surface area contributed by atoms with Crippen molar-refractivity contribution < 1.29 is 14.0 Å². The molecule has 0 heterocycles. The monoisotopic (exact) mass is 473 g/mol. The number of hydrogen-bond donors (Lipinski definition) is 3. The Labute approximate surface area is 201 Å². The summed E-state index contributed by atoms with van der Waals surface area (Å²) in [5.41, 5.74) is 6.19. The third kappa shape index (κ3) is 11.3. The normalized spacial score (nSPS) is 14.2. The fourth-order valence-corrected chi connectivity index (χ4v) is 4.16. The fourth-order valence-electron chi connectivity index (χ4n) is 3.47. The molecule has 2 amide bonds. The molecule has 2 aromatic rings. The van der Waals surface area contributed by atoms with Gasteiger partial charge in [0.05, 0.1) is 0 Å². The van der Waals surface area contributed by atoms with Crippen molar-refractivity contribution in [2.45, 2.75) is 76.2 Å². The van der Waals surface area contributed by atoms with Gasteiger partial charge in [0.15, 0.2) is 0 Å². The zero-order valence-electron chi connectivity index (χ0n) is 19.8. The van der Waals surface area contributed by atoms with Gasteiger partial charge < -0.3 is 11.1 Å². The van der Waals surface area contributed by atoms with Gasteiger partial charge >= 0.3 is 0 Å². The number of amides is 2. The van der Waals surface area contributed by atoms with E-state index in [0.29, 0.717) is 12.0 Å². The first kappa shape index (κ1) is 26.9. The van der Waals surface area contributed by atoms with E-state index in [1.165, 1.54) is 56.4 Å². The Morgan fingerprint density at radius 1 is 1.00 bits per heavy atom. The summed E-state index contributed by atoms with van der Waals surface area (Å²) >= 11 is 1.62. The first-order chi connectivity index (χ1) is 15.6. The highest BCUT2D eigenvalue weighted by Gasteiger charge is 2.15. The lowest BCUT2D eigenvalue weighted by Gasteiger charge is -2.21. The summed E-state index contributed by atoms with van der Waals surface area (Å²) in [5, 5.41) is 3.01. The maximum absolute atomic E-state index is 12.2. The number of carbonyl (C=O) groups is 2. The quantitative estimate of drug-likeness (QED) is 0.412. The number of anilines is 1. The molecule has 33 heavy (non-hydrogen) atoms. The molecule has 0 aliphatic heterocycles. The second-order valence-electron chi connectivity index (χ2n) is 9.44. The summed E-state index contributed by atoms with van der Waals surface area (Å²) in [5.74, 6) is -0.00876. The molecule has 0 atom stereocenters. The van der Waals surface area contributed by atoms with Gasteiger partial charge in [-0.3, -0.25) is 14.3 Å². The van der Waals surface area contributed by atoms with Crippen molar-refractivity contribution in [1.29, 1.82) is 0 Å². The van der Waals surface area contributed by atoms with Crippen LogP contribution in [0.5, 0.6) is 0 Å². The lowest BCUT2D eigenvalue weighted by molar-refractivity contribution is -0.116. The van der Waals surface area contributed by atoms with E-state index in [4.69, 9.17) is 5.73 Å². The van der Waals surface area contributed by atoms with Crippen LogP contribution in [-0.2, 0) is 4.79 Å². The highest BCUT2D eigenvalue weighted by atomic mass is 32.2. The molecule has 0 saturated heterocycles. The van der Waals surface area contributed by atoms with Crippen molar-refractivity contribution in [2.24, 2.45) is 11.7 Å². The van der Waals surface area contributed by atoms with Crippen LogP contribution in [0.15, 0.2) is 53.4 Å². The second-order valence-corrected chi connectivity index (χ2v) is 10.3. The van der Waals surface area contributed by atoms with E-state index in [2.05, 4.69) is 30.8 Å². The number of benzene rings is 2. The molecule has 1 fully saturated rings. The summed E-state index contributed by atoms with van der Waals surface area (Å²) in [4.78, 5) is 23.6. The van der Waals surface area contributed by atoms with Crippen LogP contribution in [0.3, 0.4) is 0 Å². The first-order valence-electron chi connectivity index (χ1n) is 11.5. The molecule has 0 radical (unpaired) electrons. The SMILES string of the molecule is CC(C)(C)NSc1ccc(NC(=O)CCC2CCCCC2)cc1.NC(=O)c1ccc(F)cc1. The molecule has 1 saturated carbocycles. The van der Waals surface area contributed by atoms with Crippen LogP contribution in [0.2, 0.25) is 0 Å². The van der Waals surface area contributed by atoms with Crippen molar-refractivity contribution in [1.82, 2.24) is 4.72 Å². The van der Waals surface area contributed by atoms with E-state index in [1.54, 1.807) is 11.9 Å². The summed E-state index contributed by atoms with van der Waals surface area (Å²) in [6, 6.07) is 13.1. The maximum atomic E-state index is 12.2. The lowest BCUT2D eigenvalue weighted by atomic mass is 9.86. The van der Waals surface area contributed by atoms with E-state index in [9.17, 15) is 14.0 Å². The van der Waals surface area contributed by atoms with E-state index >= 15 is 0 Å². The molecular formula is C26H36FN3O2S. The van der Waals surface area contributed by atoms with Crippen LogP contribution >= 0.6 is 11.9 Å². The van der Waals surface area contributed by atoms with Crippen LogP contribution in [0.25, 0.3) is 0 Å². The highest BCUT2D eigenvalue weighted by Crippen LogP contribution is 2.27. The van der Waals surface area contributed by atoms with E-state index in [-0.39, 0.29) is 17.3 Å². The molecule has 7 heteroatoms. The van der Waals surface area contributed by atoms with Gasteiger partial charge in [-0.05, 0) is 93.6 Å². The summed E-state index contributed by atoms with van der Waals surface area (Å²) in [7, 11) is 0. The number of nitrogens with one attached hydrogen (secondary N) is 2. The average molecular weight is 474 g/mol. The van der Waals surface area contributed by atoms with Crippen molar-refractivity contribution >= 4 is 29.4 Å². The Balaban J connectivity index is 0.000000321. The van der Waals surface area contributed by atoms with Crippen LogP contribution in [0, 0.1) is 11.7 Å². The Morgan fingerprint density at radius 2 is 1.61 bits per heavy atom. The highest BCUT2D eigenvalue weighted by molar-refractivity contribution is 7.97. The van der Waals surface area contributed by atoms with Gasteiger partial charge in [0, 0.05) is 28.1 Å². The molecule has 3 rings (SSSR count). The summed E-state index contributed by atoms with van der Waals surface area (Å²) in [6.45, 7) is 6.42. The third-order valence-corrected chi connectivity index (χ3v) is 6.47. The van der Waals surface area contributed by atoms with Crippen molar-refractivity contribution in [3.63, 3.8) is 0 Å².